The summed E-state index contributed by atoms with van der Waals surface area (Å²) in [6.45, 7) is 4.10. The van der Waals surface area contributed by atoms with Crippen LogP contribution in [0, 0.1) is 6.92 Å². The fraction of sp³-hybridized carbons (Fsp3) is 0.571. The molecule has 156 valence electrons. The summed E-state index contributed by atoms with van der Waals surface area (Å²) in [4.78, 5) is 14.2. The first-order valence-electron chi connectivity index (χ1n) is 10.3. The Hall–Kier alpha value is -1.73. The molecule has 1 saturated carbocycles. The monoisotopic (exact) mass is 434 g/mol. The Bertz CT molecular complexity index is 862. The van der Waals surface area contributed by atoms with Crippen molar-refractivity contribution >= 4 is 29.3 Å². The van der Waals surface area contributed by atoms with Crippen molar-refractivity contribution in [1.29, 1.82) is 0 Å². The fourth-order valence-electron chi connectivity index (χ4n) is 3.91. The van der Waals surface area contributed by atoms with Gasteiger partial charge in [0.1, 0.15) is 12.4 Å². The van der Waals surface area contributed by atoms with Crippen molar-refractivity contribution in [3.8, 4) is 5.75 Å². The Morgan fingerprint density at radius 2 is 2.00 bits per heavy atom. The summed E-state index contributed by atoms with van der Waals surface area (Å²) in [5.41, 5.74) is 0.996. The number of carbonyl (C=O) groups excluding carboxylic acids is 1. The first-order valence-corrected chi connectivity index (χ1v) is 11.7. The van der Waals surface area contributed by atoms with Crippen LogP contribution in [0.2, 0.25) is 5.02 Å². The molecule has 2 heterocycles. The standard InChI is InChI=1S/C21H27ClN4O2S/c1-15-12-16(22)8-9-18(15)28-13-19-23-24-21(26(19)17-6-3-2-4-7-17)29-14-20(27)25-10-5-11-25/h8-9,12,17H,2-7,10-11,13-14H2,1H3. The minimum absolute atomic E-state index is 0.189. The summed E-state index contributed by atoms with van der Waals surface area (Å²) >= 11 is 7.54. The molecule has 8 heteroatoms. The lowest BCUT2D eigenvalue weighted by Gasteiger charge is -2.30. The molecule has 2 fully saturated rings. The molecule has 0 unspecified atom stereocenters. The molecule has 1 saturated heterocycles. The zero-order chi connectivity index (χ0) is 20.2. The van der Waals surface area contributed by atoms with Crippen LogP contribution in [0.15, 0.2) is 23.4 Å². The molecule has 2 aliphatic rings. The number of halogens is 1. The van der Waals surface area contributed by atoms with Gasteiger partial charge in [0.2, 0.25) is 5.91 Å². The normalized spacial score (nSPS) is 17.2. The molecule has 0 atom stereocenters. The zero-order valence-corrected chi connectivity index (χ0v) is 18.3. The molecule has 0 N–H and O–H groups in total. The number of carbonyl (C=O) groups is 1. The van der Waals surface area contributed by atoms with Crippen LogP contribution in [-0.4, -0.2) is 44.4 Å². The molecule has 0 radical (unpaired) electrons. The van der Waals surface area contributed by atoms with E-state index in [-0.39, 0.29) is 5.91 Å². The summed E-state index contributed by atoms with van der Waals surface area (Å²) < 4.78 is 8.27. The summed E-state index contributed by atoms with van der Waals surface area (Å²) in [6, 6.07) is 6.00. The van der Waals surface area contributed by atoms with Gasteiger partial charge in [-0.2, -0.15) is 0 Å². The minimum atomic E-state index is 0.189. The maximum absolute atomic E-state index is 12.3. The van der Waals surface area contributed by atoms with Gasteiger partial charge in [-0.15, -0.1) is 10.2 Å². The van der Waals surface area contributed by atoms with Crippen molar-refractivity contribution < 1.29 is 9.53 Å². The van der Waals surface area contributed by atoms with Crippen LogP contribution in [0.1, 0.15) is 56.0 Å². The third-order valence-electron chi connectivity index (χ3n) is 5.70. The number of likely N-dealkylation sites (tertiary alicyclic amines) is 1. The van der Waals surface area contributed by atoms with E-state index < -0.39 is 0 Å². The Kier molecular flexibility index (Phi) is 6.65. The van der Waals surface area contributed by atoms with E-state index in [1.54, 1.807) is 0 Å². The molecular weight excluding hydrogens is 408 g/mol. The number of ether oxygens (including phenoxy) is 1. The lowest BCUT2D eigenvalue weighted by atomic mass is 9.95. The predicted octanol–water partition coefficient (Wildman–Crippen LogP) is 4.65. The van der Waals surface area contributed by atoms with Gasteiger partial charge >= 0.3 is 0 Å². The van der Waals surface area contributed by atoms with E-state index >= 15 is 0 Å². The van der Waals surface area contributed by atoms with E-state index in [4.69, 9.17) is 16.3 Å². The molecule has 0 bridgehead atoms. The van der Waals surface area contributed by atoms with Crippen molar-refractivity contribution in [2.45, 2.75) is 63.3 Å². The van der Waals surface area contributed by atoms with E-state index in [1.807, 2.05) is 30.0 Å². The predicted molar refractivity (Wildman–Crippen MR) is 115 cm³/mol. The lowest BCUT2D eigenvalue weighted by Crippen LogP contribution is -2.43. The molecule has 1 aromatic heterocycles. The number of hydrogen-bond acceptors (Lipinski definition) is 5. The number of amides is 1. The van der Waals surface area contributed by atoms with Crippen molar-refractivity contribution in [3.05, 3.63) is 34.6 Å². The summed E-state index contributed by atoms with van der Waals surface area (Å²) in [7, 11) is 0. The highest BCUT2D eigenvalue weighted by Crippen LogP contribution is 2.33. The maximum atomic E-state index is 12.3. The number of aromatic nitrogens is 3. The molecule has 6 nitrogen and oxygen atoms in total. The van der Waals surface area contributed by atoms with Crippen LogP contribution in [0.4, 0.5) is 0 Å². The third kappa shape index (κ3) is 4.89. The van der Waals surface area contributed by atoms with Gasteiger partial charge in [-0.1, -0.05) is 42.6 Å². The molecular formula is C21H27ClN4O2S. The second kappa shape index (κ2) is 9.39. The van der Waals surface area contributed by atoms with Crippen molar-refractivity contribution in [3.63, 3.8) is 0 Å². The summed E-state index contributed by atoms with van der Waals surface area (Å²) in [5.74, 6) is 2.23. The van der Waals surface area contributed by atoms with Gasteiger partial charge in [0, 0.05) is 24.2 Å². The maximum Gasteiger partial charge on any atom is 0.233 e. The van der Waals surface area contributed by atoms with Crippen LogP contribution < -0.4 is 4.74 Å². The highest BCUT2D eigenvalue weighted by atomic mass is 35.5. The molecule has 2 aromatic rings. The van der Waals surface area contributed by atoms with Gasteiger partial charge < -0.3 is 9.64 Å². The number of aryl methyl sites for hydroxylation is 1. The van der Waals surface area contributed by atoms with E-state index in [0.29, 0.717) is 23.4 Å². The summed E-state index contributed by atoms with van der Waals surface area (Å²) in [6.07, 6.45) is 7.08. The Morgan fingerprint density at radius 1 is 1.21 bits per heavy atom. The average Bonchev–Trinajstić information content (AvgIpc) is 3.08. The van der Waals surface area contributed by atoms with Gasteiger partial charge in [0.25, 0.3) is 0 Å². The summed E-state index contributed by atoms with van der Waals surface area (Å²) in [5, 5.41) is 10.4. The Balaban J connectivity index is 1.49. The molecule has 29 heavy (non-hydrogen) atoms. The second-order valence-electron chi connectivity index (χ2n) is 7.78. The fourth-order valence-corrected chi connectivity index (χ4v) is 5.06. The average molecular weight is 435 g/mol. The second-order valence-corrected chi connectivity index (χ2v) is 9.16. The molecule has 1 aromatic carbocycles. The SMILES string of the molecule is Cc1cc(Cl)ccc1OCc1nnc(SCC(=O)N2CCC2)n1C1CCCCC1. The highest BCUT2D eigenvalue weighted by molar-refractivity contribution is 7.99. The topological polar surface area (TPSA) is 60.3 Å². The Morgan fingerprint density at radius 3 is 2.69 bits per heavy atom. The minimum Gasteiger partial charge on any atom is -0.485 e. The van der Waals surface area contributed by atoms with Gasteiger partial charge in [-0.3, -0.25) is 9.36 Å². The first kappa shape index (κ1) is 20.5. The number of rotatable bonds is 7. The highest BCUT2D eigenvalue weighted by Gasteiger charge is 2.25. The van der Waals surface area contributed by atoms with Crippen molar-refractivity contribution in [1.82, 2.24) is 19.7 Å². The molecule has 0 spiro atoms. The molecule has 1 aliphatic carbocycles. The van der Waals surface area contributed by atoms with Gasteiger partial charge in [0.15, 0.2) is 11.0 Å². The van der Waals surface area contributed by atoms with Crippen LogP contribution in [0.25, 0.3) is 0 Å². The van der Waals surface area contributed by atoms with E-state index in [9.17, 15) is 4.79 Å². The largest absolute Gasteiger partial charge is 0.485 e. The smallest absolute Gasteiger partial charge is 0.233 e. The van der Waals surface area contributed by atoms with E-state index in [0.717, 1.165) is 54.6 Å². The van der Waals surface area contributed by atoms with Gasteiger partial charge in [-0.05, 0) is 49.9 Å². The van der Waals surface area contributed by atoms with E-state index in [1.165, 1.54) is 31.0 Å². The molecule has 4 rings (SSSR count). The van der Waals surface area contributed by atoms with Crippen molar-refractivity contribution in [2.75, 3.05) is 18.8 Å². The van der Waals surface area contributed by atoms with Gasteiger partial charge in [0.05, 0.1) is 5.75 Å². The quantitative estimate of drug-likeness (QED) is 0.593. The van der Waals surface area contributed by atoms with Crippen molar-refractivity contribution in [2.24, 2.45) is 0 Å². The lowest BCUT2D eigenvalue weighted by molar-refractivity contribution is -0.131. The zero-order valence-electron chi connectivity index (χ0n) is 16.8. The Labute approximate surface area is 181 Å². The first-order chi connectivity index (χ1) is 14.1. The molecule has 1 amide bonds. The third-order valence-corrected chi connectivity index (χ3v) is 6.87. The number of hydrogen-bond donors (Lipinski definition) is 0. The number of thioether (sulfide) groups is 1. The van der Waals surface area contributed by atoms with Crippen LogP contribution in [0.5, 0.6) is 5.75 Å². The van der Waals surface area contributed by atoms with Crippen LogP contribution >= 0.6 is 23.4 Å². The van der Waals surface area contributed by atoms with Gasteiger partial charge in [-0.25, -0.2) is 0 Å². The van der Waals surface area contributed by atoms with Crippen LogP contribution in [0.3, 0.4) is 0 Å². The molecule has 1 aliphatic heterocycles. The number of nitrogens with zero attached hydrogens (tertiary/aromatic N) is 4. The van der Waals surface area contributed by atoms with Crippen LogP contribution in [-0.2, 0) is 11.4 Å². The van der Waals surface area contributed by atoms with E-state index in [2.05, 4.69) is 14.8 Å². The number of benzene rings is 1.